The number of aromatic nitrogens is 1. The minimum atomic E-state index is -4.54. The van der Waals surface area contributed by atoms with Gasteiger partial charge < -0.3 is 0 Å². The van der Waals surface area contributed by atoms with Crippen LogP contribution in [-0.2, 0) is 10.0 Å². The minimum Gasteiger partial charge on any atom is -0.258 e. The lowest BCUT2D eigenvalue weighted by molar-refractivity contribution is -0.385. The number of hydrogen-bond donors (Lipinski definition) is 1. The fourth-order valence-electron chi connectivity index (χ4n) is 0.992. The molecule has 11 heteroatoms. The first-order valence-corrected chi connectivity index (χ1v) is 5.72. The summed E-state index contributed by atoms with van der Waals surface area (Å²) in [6.45, 7) is 0. The molecule has 0 atom stereocenters. The van der Waals surface area contributed by atoms with Crippen LogP contribution in [0.3, 0.4) is 0 Å². The molecule has 7 nitrogen and oxygen atoms in total. The maximum absolute atomic E-state index is 12.5. The molecular formula is C6H4ClF2N3O4S. The monoisotopic (exact) mass is 287 g/mol. The van der Waals surface area contributed by atoms with Gasteiger partial charge in [-0.25, -0.2) is 27.3 Å². The fourth-order valence-corrected chi connectivity index (χ4v) is 1.95. The van der Waals surface area contributed by atoms with Crippen LogP contribution in [0.1, 0.15) is 12.0 Å². The summed E-state index contributed by atoms with van der Waals surface area (Å²) in [5.41, 5.74) is -2.09. The van der Waals surface area contributed by atoms with Gasteiger partial charge in [-0.2, -0.15) is 0 Å². The van der Waals surface area contributed by atoms with E-state index < -0.39 is 42.8 Å². The average molecular weight is 288 g/mol. The van der Waals surface area contributed by atoms with Crippen LogP contribution < -0.4 is 5.14 Å². The number of nitrogens with zero attached hydrogens (tertiary/aromatic N) is 2. The third kappa shape index (κ3) is 2.84. The first kappa shape index (κ1) is 13.7. The van der Waals surface area contributed by atoms with E-state index in [0.717, 1.165) is 0 Å². The van der Waals surface area contributed by atoms with Crippen LogP contribution in [0.4, 0.5) is 14.5 Å². The summed E-state index contributed by atoms with van der Waals surface area (Å²) < 4.78 is 46.9. The van der Waals surface area contributed by atoms with Crippen LogP contribution >= 0.6 is 11.6 Å². The Morgan fingerprint density at radius 3 is 2.41 bits per heavy atom. The van der Waals surface area contributed by atoms with E-state index in [1.54, 1.807) is 0 Å². The van der Waals surface area contributed by atoms with E-state index in [1.807, 2.05) is 0 Å². The number of alkyl halides is 2. The van der Waals surface area contributed by atoms with Gasteiger partial charge in [0.1, 0.15) is 0 Å². The van der Waals surface area contributed by atoms with Gasteiger partial charge in [-0.15, -0.1) is 0 Å². The molecule has 1 aromatic heterocycles. The topological polar surface area (TPSA) is 116 Å². The van der Waals surface area contributed by atoms with Crippen molar-refractivity contribution >= 4 is 27.3 Å². The normalized spacial score (nSPS) is 11.8. The van der Waals surface area contributed by atoms with Gasteiger partial charge in [-0.05, 0) is 0 Å². The lowest BCUT2D eigenvalue weighted by Crippen LogP contribution is -2.17. The summed E-state index contributed by atoms with van der Waals surface area (Å²) in [6.07, 6.45) is -3.29. The second-order valence-corrected chi connectivity index (χ2v) is 4.63. The number of sulfonamides is 1. The highest BCUT2D eigenvalue weighted by Crippen LogP contribution is 2.32. The third-order valence-electron chi connectivity index (χ3n) is 1.65. The van der Waals surface area contributed by atoms with Crippen molar-refractivity contribution in [2.75, 3.05) is 0 Å². The number of halogens is 3. The Balaban J connectivity index is 3.64. The zero-order valence-corrected chi connectivity index (χ0v) is 9.37. The molecule has 94 valence electrons. The summed E-state index contributed by atoms with van der Waals surface area (Å²) in [5, 5.41) is 13.0. The number of pyridine rings is 1. The number of primary sulfonamides is 1. The molecule has 0 saturated heterocycles. The van der Waals surface area contributed by atoms with Crippen molar-refractivity contribution in [1.29, 1.82) is 0 Å². The predicted molar refractivity (Wildman–Crippen MR) is 52.2 cm³/mol. The van der Waals surface area contributed by atoms with Crippen molar-refractivity contribution < 1.29 is 22.1 Å². The Hall–Kier alpha value is -1.39. The van der Waals surface area contributed by atoms with Crippen molar-refractivity contribution in [2.24, 2.45) is 5.14 Å². The molecule has 0 amide bonds. The first-order valence-electron chi connectivity index (χ1n) is 3.80. The number of nitro groups is 1. The van der Waals surface area contributed by atoms with Crippen molar-refractivity contribution in [1.82, 2.24) is 4.98 Å². The molecular weight excluding hydrogens is 284 g/mol. The van der Waals surface area contributed by atoms with Crippen molar-refractivity contribution in [3.63, 3.8) is 0 Å². The Morgan fingerprint density at radius 1 is 1.53 bits per heavy atom. The van der Waals surface area contributed by atoms with E-state index >= 15 is 0 Å². The molecule has 0 aliphatic heterocycles. The van der Waals surface area contributed by atoms with Crippen LogP contribution in [0.5, 0.6) is 0 Å². The van der Waals surface area contributed by atoms with E-state index in [1.165, 1.54) is 0 Å². The largest absolute Gasteiger partial charge is 0.307 e. The molecule has 17 heavy (non-hydrogen) atoms. The van der Waals surface area contributed by atoms with Crippen LogP contribution in [0.15, 0.2) is 11.1 Å². The Morgan fingerprint density at radius 2 is 2.06 bits per heavy atom. The molecule has 1 heterocycles. The molecule has 0 radical (unpaired) electrons. The first-order chi connectivity index (χ1) is 7.64. The van der Waals surface area contributed by atoms with Gasteiger partial charge in [0.2, 0.25) is 5.15 Å². The van der Waals surface area contributed by atoms with Crippen LogP contribution in [-0.4, -0.2) is 18.3 Å². The lowest BCUT2D eigenvalue weighted by Gasteiger charge is -2.06. The summed E-state index contributed by atoms with van der Waals surface area (Å²) in [6, 6.07) is 0.333. The second kappa shape index (κ2) is 4.47. The maximum Gasteiger partial charge on any atom is 0.307 e. The molecule has 0 aliphatic carbocycles. The Bertz CT molecular complexity index is 577. The van der Waals surface area contributed by atoms with Gasteiger partial charge in [0.15, 0.2) is 5.03 Å². The predicted octanol–water partition coefficient (Wildman–Crippen LogP) is 1.23. The molecule has 1 aromatic rings. The molecule has 0 saturated carbocycles. The van der Waals surface area contributed by atoms with E-state index in [0.29, 0.717) is 6.07 Å². The molecule has 0 fully saturated rings. The quantitative estimate of drug-likeness (QED) is 0.510. The zero-order valence-electron chi connectivity index (χ0n) is 7.80. The lowest BCUT2D eigenvalue weighted by atomic mass is 10.3. The standard InChI is InChI=1S/C6H4ClF2N3O4S/c7-4-3(12(13)14)1-2(5(8)9)6(11-4)17(10,15)16/h1,5H,(H2,10,15,16). The summed E-state index contributed by atoms with van der Waals surface area (Å²) in [7, 11) is -4.54. The maximum atomic E-state index is 12.5. The zero-order chi connectivity index (χ0) is 13.4. The highest BCUT2D eigenvalue weighted by molar-refractivity contribution is 7.89. The van der Waals surface area contributed by atoms with Crippen LogP contribution in [0, 0.1) is 10.1 Å². The highest BCUT2D eigenvalue weighted by Gasteiger charge is 2.28. The van der Waals surface area contributed by atoms with Gasteiger partial charge in [-0.1, -0.05) is 11.6 Å². The van der Waals surface area contributed by atoms with E-state index in [9.17, 15) is 27.3 Å². The van der Waals surface area contributed by atoms with Crippen LogP contribution in [0.25, 0.3) is 0 Å². The molecule has 0 aromatic carbocycles. The van der Waals surface area contributed by atoms with E-state index in [-0.39, 0.29) is 0 Å². The fraction of sp³-hybridized carbons (Fsp3) is 0.167. The van der Waals surface area contributed by atoms with E-state index in [4.69, 9.17) is 11.6 Å². The Labute approximate surface area is 98.4 Å². The van der Waals surface area contributed by atoms with E-state index in [2.05, 4.69) is 10.1 Å². The third-order valence-corrected chi connectivity index (χ3v) is 2.80. The minimum absolute atomic E-state index is 0.333. The summed E-state index contributed by atoms with van der Waals surface area (Å²) in [4.78, 5) is 12.4. The average Bonchev–Trinajstić information content (AvgIpc) is 2.14. The van der Waals surface area contributed by atoms with Crippen molar-refractivity contribution in [3.8, 4) is 0 Å². The molecule has 0 bridgehead atoms. The van der Waals surface area contributed by atoms with Crippen LogP contribution in [0.2, 0.25) is 5.15 Å². The van der Waals surface area contributed by atoms with Gasteiger partial charge in [0.25, 0.3) is 16.4 Å². The molecule has 2 N–H and O–H groups in total. The molecule has 0 unspecified atom stereocenters. The van der Waals surface area contributed by atoms with Gasteiger partial charge in [0, 0.05) is 6.07 Å². The molecule has 0 spiro atoms. The number of rotatable bonds is 3. The van der Waals surface area contributed by atoms with Gasteiger partial charge in [0.05, 0.1) is 10.5 Å². The Kier molecular flexibility index (Phi) is 3.59. The number of hydrogen-bond acceptors (Lipinski definition) is 5. The summed E-state index contributed by atoms with van der Waals surface area (Å²) >= 11 is 5.29. The van der Waals surface area contributed by atoms with Crippen molar-refractivity contribution in [3.05, 3.63) is 26.9 Å². The smallest absolute Gasteiger partial charge is 0.258 e. The second-order valence-electron chi connectivity index (χ2n) is 2.80. The van der Waals surface area contributed by atoms with Crippen molar-refractivity contribution in [2.45, 2.75) is 11.5 Å². The molecule has 0 aliphatic rings. The molecule has 1 rings (SSSR count). The van der Waals surface area contributed by atoms with Gasteiger partial charge >= 0.3 is 5.69 Å². The van der Waals surface area contributed by atoms with Gasteiger partial charge in [-0.3, -0.25) is 10.1 Å². The highest BCUT2D eigenvalue weighted by atomic mass is 35.5. The summed E-state index contributed by atoms with van der Waals surface area (Å²) in [5.74, 6) is 0. The number of nitrogens with two attached hydrogens (primary N) is 1. The SMILES string of the molecule is NS(=O)(=O)c1nc(Cl)c([N+](=O)[O-])cc1C(F)F.